The molecule has 1 aliphatic heterocycles. The number of anilines is 1. The van der Waals surface area contributed by atoms with Crippen molar-refractivity contribution in [3.63, 3.8) is 0 Å². The second kappa shape index (κ2) is 8.96. The lowest BCUT2D eigenvalue weighted by molar-refractivity contribution is -0.117. The van der Waals surface area contributed by atoms with E-state index in [2.05, 4.69) is 5.43 Å². The number of amides is 2. The van der Waals surface area contributed by atoms with Crippen LogP contribution < -0.4 is 15.6 Å². The summed E-state index contributed by atoms with van der Waals surface area (Å²) in [4.78, 5) is 37.3. The monoisotopic (exact) mass is 480 g/mol. The summed E-state index contributed by atoms with van der Waals surface area (Å²) in [5.41, 5.74) is 4.27. The summed E-state index contributed by atoms with van der Waals surface area (Å²) in [5.74, 6) is -1.63. The Kier molecular flexibility index (Phi) is 6.05. The average Bonchev–Trinajstić information content (AvgIpc) is 3.39. The zero-order valence-corrected chi connectivity index (χ0v) is 18.8. The molecule has 174 valence electrons. The lowest BCUT2D eigenvalue weighted by Gasteiger charge is -2.14. The summed E-state index contributed by atoms with van der Waals surface area (Å²) >= 11 is 0. The number of carbonyl (C=O) groups is 3. The van der Waals surface area contributed by atoms with Crippen LogP contribution in [0.15, 0.2) is 77.3 Å². The molecular formula is C23H20N4O6S. The minimum atomic E-state index is -3.82. The van der Waals surface area contributed by atoms with Gasteiger partial charge in [0.2, 0.25) is 10.0 Å². The van der Waals surface area contributed by atoms with Crippen LogP contribution in [0.3, 0.4) is 0 Å². The first kappa shape index (κ1) is 23.0. The molecule has 3 aromatic rings. The van der Waals surface area contributed by atoms with Crippen molar-refractivity contribution < 1.29 is 27.5 Å². The van der Waals surface area contributed by atoms with Crippen LogP contribution in [0, 0.1) is 0 Å². The fourth-order valence-corrected chi connectivity index (χ4v) is 3.91. The van der Waals surface area contributed by atoms with E-state index >= 15 is 0 Å². The minimum Gasteiger partial charge on any atom is -0.462 e. The molecule has 0 unspecified atom stereocenters. The predicted octanol–water partition coefficient (Wildman–Crippen LogP) is 1.76. The van der Waals surface area contributed by atoms with E-state index in [1.165, 1.54) is 42.5 Å². The van der Waals surface area contributed by atoms with Crippen LogP contribution in [-0.4, -0.2) is 37.4 Å². The standard InChI is InChI=1S/C23H20N4O6S/c1-2-33-23(30)15-5-7-17(8-6-15)27-22(29)20(21(28)25-27)14-18-4-3-13-26(18)16-9-11-19(12-10-16)34(24,31)32/h3-14H,2H2,1H3,(H,25,28)(H2,24,31,32). The van der Waals surface area contributed by atoms with Gasteiger partial charge in [0, 0.05) is 17.6 Å². The first-order valence-corrected chi connectivity index (χ1v) is 11.7. The number of aromatic nitrogens is 1. The molecule has 1 fully saturated rings. The summed E-state index contributed by atoms with van der Waals surface area (Å²) in [6.07, 6.45) is 3.15. The van der Waals surface area contributed by atoms with Gasteiger partial charge < -0.3 is 9.30 Å². The lowest BCUT2D eigenvalue weighted by Crippen LogP contribution is -2.35. The fourth-order valence-electron chi connectivity index (χ4n) is 3.39. The normalized spacial score (nSPS) is 15.0. The number of esters is 1. The van der Waals surface area contributed by atoms with Gasteiger partial charge in [-0.15, -0.1) is 0 Å². The summed E-state index contributed by atoms with van der Waals surface area (Å²) in [6, 6.07) is 15.4. The second-order valence-electron chi connectivity index (χ2n) is 7.25. The molecule has 0 saturated carbocycles. The number of hydrazine groups is 1. The molecule has 0 radical (unpaired) electrons. The molecule has 2 aromatic carbocycles. The molecule has 2 amide bonds. The van der Waals surface area contributed by atoms with E-state index in [1.54, 1.807) is 42.0 Å². The Morgan fingerprint density at radius 3 is 2.29 bits per heavy atom. The van der Waals surface area contributed by atoms with Gasteiger partial charge in [-0.05, 0) is 73.7 Å². The number of sulfonamides is 1. The molecule has 1 aliphatic rings. The van der Waals surface area contributed by atoms with Gasteiger partial charge in [0.25, 0.3) is 11.8 Å². The Hall–Kier alpha value is -4.22. The summed E-state index contributed by atoms with van der Waals surface area (Å²) in [6.45, 7) is 1.95. The number of benzene rings is 2. The van der Waals surface area contributed by atoms with E-state index in [-0.39, 0.29) is 17.1 Å². The van der Waals surface area contributed by atoms with Crippen LogP contribution in [0.2, 0.25) is 0 Å². The van der Waals surface area contributed by atoms with Gasteiger partial charge in [-0.3, -0.25) is 15.0 Å². The zero-order chi connectivity index (χ0) is 24.5. The number of rotatable bonds is 6. The van der Waals surface area contributed by atoms with Crippen molar-refractivity contribution in [2.45, 2.75) is 11.8 Å². The Morgan fingerprint density at radius 2 is 1.68 bits per heavy atom. The molecule has 0 spiro atoms. The van der Waals surface area contributed by atoms with Crippen LogP contribution in [0.25, 0.3) is 11.8 Å². The number of carbonyl (C=O) groups excluding carboxylic acids is 3. The number of primary sulfonamides is 1. The fraction of sp³-hybridized carbons (Fsp3) is 0.0870. The summed E-state index contributed by atoms with van der Waals surface area (Å²) < 4.78 is 29.6. The smallest absolute Gasteiger partial charge is 0.338 e. The SMILES string of the molecule is CCOC(=O)c1ccc(N2NC(=O)C(=Cc3cccn3-c3ccc(S(N)(=O)=O)cc3)C2=O)cc1. The molecular weight excluding hydrogens is 460 g/mol. The minimum absolute atomic E-state index is 0.0294. The van der Waals surface area contributed by atoms with Gasteiger partial charge in [0.05, 0.1) is 22.8 Å². The molecule has 1 saturated heterocycles. The van der Waals surface area contributed by atoms with Crippen molar-refractivity contribution in [2.75, 3.05) is 11.6 Å². The molecule has 0 aliphatic carbocycles. The number of hydrogen-bond acceptors (Lipinski definition) is 6. The van der Waals surface area contributed by atoms with E-state index < -0.39 is 27.8 Å². The van der Waals surface area contributed by atoms with Crippen molar-refractivity contribution in [3.05, 3.63) is 83.7 Å². The second-order valence-corrected chi connectivity index (χ2v) is 8.81. The van der Waals surface area contributed by atoms with E-state index in [4.69, 9.17) is 9.88 Å². The highest BCUT2D eigenvalue weighted by Crippen LogP contribution is 2.24. The molecule has 1 aromatic heterocycles. The van der Waals surface area contributed by atoms with Gasteiger partial charge >= 0.3 is 5.97 Å². The molecule has 2 heterocycles. The van der Waals surface area contributed by atoms with E-state index in [0.717, 1.165) is 5.01 Å². The highest BCUT2D eigenvalue weighted by molar-refractivity contribution is 7.89. The number of nitrogens with one attached hydrogen (secondary N) is 1. The Labute approximate surface area is 195 Å². The van der Waals surface area contributed by atoms with Crippen LogP contribution in [0.5, 0.6) is 0 Å². The van der Waals surface area contributed by atoms with Gasteiger partial charge in [-0.2, -0.15) is 0 Å². The highest BCUT2D eigenvalue weighted by Gasteiger charge is 2.34. The van der Waals surface area contributed by atoms with Gasteiger partial charge in [0.15, 0.2) is 0 Å². The van der Waals surface area contributed by atoms with Gasteiger partial charge in [-0.1, -0.05) is 0 Å². The molecule has 4 rings (SSSR count). The molecule has 34 heavy (non-hydrogen) atoms. The number of hydrogen-bond donors (Lipinski definition) is 2. The molecule has 3 N–H and O–H groups in total. The number of ether oxygens (including phenoxy) is 1. The molecule has 0 atom stereocenters. The van der Waals surface area contributed by atoms with E-state index in [9.17, 15) is 22.8 Å². The zero-order valence-electron chi connectivity index (χ0n) is 18.0. The first-order valence-electron chi connectivity index (χ1n) is 10.1. The van der Waals surface area contributed by atoms with Crippen LogP contribution >= 0.6 is 0 Å². The van der Waals surface area contributed by atoms with Crippen molar-refractivity contribution in [3.8, 4) is 5.69 Å². The van der Waals surface area contributed by atoms with Crippen molar-refractivity contribution in [2.24, 2.45) is 5.14 Å². The van der Waals surface area contributed by atoms with E-state index in [0.29, 0.717) is 22.6 Å². The quantitative estimate of drug-likeness (QED) is 0.313. The highest BCUT2D eigenvalue weighted by atomic mass is 32.2. The van der Waals surface area contributed by atoms with E-state index in [1.807, 2.05) is 0 Å². The maximum absolute atomic E-state index is 13.0. The maximum Gasteiger partial charge on any atom is 0.338 e. The van der Waals surface area contributed by atoms with Crippen LogP contribution in [0.1, 0.15) is 23.0 Å². The van der Waals surface area contributed by atoms with Crippen LogP contribution in [0.4, 0.5) is 5.69 Å². The predicted molar refractivity (Wildman–Crippen MR) is 123 cm³/mol. The number of nitrogens with two attached hydrogens (primary N) is 1. The Balaban J connectivity index is 1.60. The Morgan fingerprint density at radius 1 is 1.03 bits per heavy atom. The topological polar surface area (TPSA) is 141 Å². The van der Waals surface area contributed by atoms with Crippen LogP contribution in [-0.2, 0) is 24.3 Å². The van der Waals surface area contributed by atoms with Crippen molar-refractivity contribution >= 4 is 39.6 Å². The molecule has 11 heteroatoms. The Bertz CT molecular complexity index is 1410. The third kappa shape index (κ3) is 4.47. The lowest BCUT2D eigenvalue weighted by atomic mass is 10.2. The van der Waals surface area contributed by atoms with Gasteiger partial charge in [0.1, 0.15) is 5.57 Å². The third-order valence-corrected chi connectivity index (χ3v) is 5.97. The first-order chi connectivity index (χ1) is 16.2. The summed E-state index contributed by atoms with van der Waals surface area (Å²) in [7, 11) is -3.82. The molecule has 10 nitrogen and oxygen atoms in total. The molecule has 0 bridgehead atoms. The number of nitrogens with zero attached hydrogens (tertiary/aromatic N) is 2. The third-order valence-electron chi connectivity index (χ3n) is 5.04. The average molecular weight is 481 g/mol. The van der Waals surface area contributed by atoms with Crippen molar-refractivity contribution in [1.82, 2.24) is 9.99 Å². The largest absolute Gasteiger partial charge is 0.462 e. The van der Waals surface area contributed by atoms with Gasteiger partial charge in [-0.25, -0.2) is 23.4 Å². The maximum atomic E-state index is 13.0. The van der Waals surface area contributed by atoms with Crippen molar-refractivity contribution in [1.29, 1.82) is 0 Å². The summed E-state index contributed by atoms with van der Waals surface area (Å²) in [5, 5.41) is 6.23.